The fourth-order valence-corrected chi connectivity index (χ4v) is 2.54. The molecule has 6 nitrogen and oxygen atoms in total. The van der Waals surface area contributed by atoms with E-state index in [4.69, 9.17) is 0 Å². The van der Waals surface area contributed by atoms with Crippen molar-refractivity contribution in [3.05, 3.63) is 36.0 Å². The Bertz CT molecular complexity index is 693. The zero-order valence-electron chi connectivity index (χ0n) is 13.2. The number of hydrogen-bond acceptors (Lipinski definition) is 3. The number of carbonyl (C=O) groups excluding carboxylic acids is 1. The van der Waals surface area contributed by atoms with Crippen LogP contribution in [0.5, 0.6) is 0 Å². The van der Waals surface area contributed by atoms with Crippen molar-refractivity contribution in [3.63, 3.8) is 0 Å². The molecule has 23 heavy (non-hydrogen) atoms. The number of aliphatic hydroxyl groups excluding tert-OH is 1. The molecule has 0 unspecified atom stereocenters. The van der Waals surface area contributed by atoms with Gasteiger partial charge in [0.1, 0.15) is 12.1 Å². The van der Waals surface area contributed by atoms with Crippen LogP contribution >= 0.6 is 0 Å². The number of rotatable bonds is 7. The summed E-state index contributed by atoms with van der Waals surface area (Å²) in [5.74, 6) is -1.63. The van der Waals surface area contributed by atoms with Crippen molar-refractivity contribution >= 4 is 22.8 Å². The number of benzene rings is 1. The van der Waals surface area contributed by atoms with E-state index in [2.05, 4.69) is 10.3 Å². The average molecular weight is 318 g/mol. The molecule has 1 aromatic heterocycles. The van der Waals surface area contributed by atoms with Crippen LogP contribution in [0.25, 0.3) is 10.9 Å². The van der Waals surface area contributed by atoms with Gasteiger partial charge in [-0.25, -0.2) is 4.79 Å². The topological polar surface area (TPSA) is 102 Å². The van der Waals surface area contributed by atoms with Crippen LogP contribution in [0.1, 0.15) is 25.8 Å². The Morgan fingerprint density at radius 2 is 1.96 bits per heavy atom. The molecule has 124 valence electrons. The third kappa shape index (κ3) is 4.32. The summed E-state index contributed by atoms with van der Waals surface area (Å²) in [6, 6.07) is 6.49. The summed E-state index contributed by atoms with van der Waals surface area (Å²) in [6.45, 7) is 3.77. The van der Waals surface area contributed by atoms with E-state index in [0.717, 1.165) is 16.5 Å². The summed E-state index contributed by atoms with van der Waals surface area (Å²) in [5, 5.41) is 22.5. The van der Waals surface area contributed by atoms with Gasteiger partial charge in [0.2, 0.25) is 5.91 Å². The molecule has 0 aliphatic rings. The van der Waals surface area contributed by atoms with E-state index in [0.29, 0.717) is 6.42 Å². The van der Waals surface area contributed by atoms with Crippen LogP contribution in [0, 0.1) is 5.92 Å². The number of amides is 1. The average Bonchev–Trinajstić information content (AvgIpc) is 2.89. The van der Waals surface area contributed by atoms with E-state index in [9.17, 15) is 19.8 Å². The number of aliphatic carboxylic acids is 1. The number of aliphatic hydroxyl groups is 1. The van der Waals surface area contributed by atoms with Crippen LogP contribution in [0.15, 0.2) is 30.5 Å². The molecular formula is C17H22N2O4. The highest BCUT2D eigenvalue weighted by Gasteiger charge is 2.25. The van der Waals surface area contributed by atoms with Crippen molar-refractivity contribution < 1.29 is 19.8 Å². The number of para-hydroxylation sites is 1. The zero-order valence-corrected chi connectivity index (χ0v) is 13.2. The number of H-pyrrole nitrogens is 1. The van der Waals surface area contributed by atoms with Crippen molar-refractivity contribution in [2.24, 2.45) is 5.92 Å². The molecule has 1 aromatic carbocycles. The number of fused-ring (bicyclic) bond motifs is 1. The maximum absolute atomic E-state index is 12.0. The molecule has 0 fully saturated rings. The number of carboxylic acid groups (broad SMARTS) is 1. The third-order valence-corrected chi connectivity index (χ3v) is 3.71. The molecule has 2 aromatic rings. The lowest BCUT2D eigenvalue weighted by Crippen LogP contribution is -2.46. The van der Waals surface area contributed by atoms with Crippen molar-refractivity contribution in [1.82, 2.24) is 10.3 Å². The van der Waals surface area contributed by atoms with Crippen LogP contribution in [0.4, 0.5) is 0 Å². The normalized spacial score (nSPS) is 13.9. The monoisotopic (exact) mass is 318 g/mol. The molecule has 0 aliphatic carbocycles. The Balaban J connectivity index is 2.10. The standard InChI is InChI=1S/C17H22N2O4/c1-10(2)7-15(20)16(21)19-14(17(22)23)8-11-9-18-13-6-4-3-5-12(11)13/h3-6,9-10,14-15,18,20H,7-8H2,1-2H3,(H,19,21)(H,22,23)/t14-,15-/m0/s1. The number of hydrogen-bond donors (Lipinski definition) is 4. The van der Waals surface area contributed by atoms with Crippen LogP contribution in [0.3, 0.4) is 0 Å². The quantitative estimate of drug-likeness (QED) is 0.624. The second-order valence-corrected chi connectivity index (χ2v) is 6.11. The van der Waals surface area contributed by atoms with Gasteiger partial charge in [0, 0.05) is 23.5 Å². The predicted molar refractivity (Wildman–Crippen MR) is 87.0 cm³/mol. The lowest BCUT2D eigenvalue weighted by atomic mass is 10.0. The van der Waals surface area contributed by atoms with Crippen molar-refractivity contribution in [2.75, 3.05) is 0 Å². The minimum Gasteiger partial charge on any atom is -0.480 e. The summed E-state index contributed by atoms with van der Waals surface area (Å²) in [5.41, 5.74) is 1.73. The number of nitrogens with one attached hydrogen (secondary N) is 2. The minimum absolute atomic E-state index is 0.146. The van der Waals surface area contributed by atoms with Gasteiger partial charge < -0.3 is 20.5 Å². The van der Waals surface area contributed by atoms with Gasteiger partial charge in [0.05, 0.1) is 0 Å². The molecular weight excluding hydrogens is 296 g/mol. The van der Waals surface area contributed by atoms with Crippen molar-refractivity contribution in [2.45, 2.75) is 38.8 Å². The van der Waals surface area contributed by atoms with E-state index in [1.54, 1.807) is 6.20 Å². The van der Waals surface area contributed by atoms with E-state index < -0.39 is 24.0 Å². The molecule has 0 aliphatic heterocycles. The molecule has 0 bridgehead atoms. The van der Waals surface area contributed by atoms with E-state index >= 15 is 0 Å². The minimum atomic E-state index is -1.19. The second kappa shape index (κ2) is 7.28. The number of aromatic amines is 1. The van der Waals surface area contributed by atoms with Gasteiger partial charge in [-0.05, 0) is 24.0 Å². The molecule has 0 spiro atoms. The largest absolute Gasteiger partial charge is 0.480 e. The highest BCUT2D eigenvalue weighted by molar-refractivity contribution is 5.88. The Morgan fingerprint density at radius 3 is 2.61 bits per heavy atom. The Morgan fingerprint density at radius 1 is 1.26 bits per heavy atom. The van der Waals surface area contributed by atoms with Crippen molar-refractivity contribution in [1.29, 1.82) is 0 Å². The van der Waals surface area contributed by atoms with Crippen molar-refractivity contribution in [3.8, 4) is 0 Å². The Hall–Kier alpha value is -2.34. The molecule has 2 rings (SSSR count). The number of carbonyl (C=O) groups is 2. The lowest BCUT2D eigenvalue weighted by molar-refractivity contribution is -0.143. The molecule has 0 saturated carbocycles. The maximum atomic E-state index is 12.0. The first-order valence-corrected chi connectivity index (χ1v) is 7.64. The van der Waals surface area contributed by atoms with E-state index in [1.807, 2.05) is 38.1 Å². The maximum Gasteiger partial charge on any atom is 0.326 e. The highest BCUT2D eigenvalue weighted by Crippen LogP contribution is 2.19. The van der Waals surface area contributed by atoms with E-state index in [1.165, 1.54) is 0 Å². The molecule has 1 heterocycles. The molecule has 4 N–H and O–H groups in total. The summed E-state index contributed by atoms with van der Waals surface area (Å²) in [6.07, 6.45) is 1.00. The van der Waals surface area contributed by atoms with Gasteiger partial charge in [0.25, 0.3) is 0 Å². The lowest BCUT2D eigenvalue weighted by Gasteiger charge is -2.18. The van der Waals surface area contributed by atoms with Crippen LogP contribution < -0.4 is 5.32 Å². The van der Waals surface area contributed by atoms with Gasteiger partial charge in [-0.2, -0.15) is 0 Å². The first-order chi connectivity index (χ1) is 10.9. The first-order valence-electron chi connectivity index (χ1n) is 7.64. The summed E-state index contributed by atoms with van der Waals surface area (Å²) in [4.78, 5) is 26.5. The fourth-order valence-electron chi connectivity index (χ4n) is 2.54. The van der Waals surface area contributed by atoms with Gasteiger partial charge in [-0.3, -0.25) is 4.79 Å². The van der Waals surface area contributed by atoms with Gasteiger partial charge in [-0.1, -0.05) is 32.0 Å². The van der Waals surface area contributed by atoms with Crippen LogP contribution in [0.2, 0.25) is 0 Å². The summed E-state index contributed by atoms with van der Waals surface area (Å²) >= 11 is 0. The summed E-state index contributed by atoms with van der Waals surface area (Å²) < 4.78 is 0. The number of aromatic nitrogens is 1. The zero-order chi connectivity index (χ0) is 17.0. The Kier molecular flexibility index (Phi) is 5.39. The first kappa shape index (κ1) is 17.0. The molecule has 2 atom stereocenters. The van der Waals surface area contributed by atoms with Gasteiger partial charge >= 0.3 is 5.97 Å². The smallest absolute Gasteiger partial charge is 0.326 e. The molecule has 1 amide bonds. The highest BCUT2D eigenvalue weighted by atomic mass is 16.4. The van der Waals surface area contributed by atoms with Crippen LogP contribution in [-0.4, -0.2) is 39.2 Å². The van der Waals surface area contributed by atoms with E-state index in [-0.39, 0.29) is 12.3 Å². The SMILES string of the molecule is CC(C)C[C@H](O)C(=O)N[C@@H](Cc1c[nH]c2ccccc12)C(=O)O. The Labute approximate surface area is 134 Å². The molecule has 6 heteroatoms. The van der Waals surface area contributed by atoms with Gasteiger partial charge in [0.15, 0.2) is 0 Å². The second-order valence-electron chi connectivity index (χ2n) is 6.11. The van der Waals surface area contributed by atoms with Crippen LogP contribution in [-0.2, 0) is 16.0 Å². The number of carboxylic acids is 1. The predicted octanol–water partition coefficient (Wildman–Crippen LogP) is 1.69. The van der Waals surface area contributed by atoms with Gasteiger partial charge in [-0.15, -0.1) is 0 Å². The molecule has 0 saturated heterocycles. The summed E-state index contributed by atoms with van der Waals surface area (Å²) in [7, 11) is 0. The molecule has 0 radical (unpaired) electrons. The third-order valence-electron chi connectivity index (χ3n) is 3.71. The fraction of sp³-hybridized carbons (Fsp3) is 0.412.